The third kappa shape index (κ3) is 5.22. The molecule has 0 bridgehead atoms. The average molecular weight is 463 g/mol. The number of para-hydroxylation sites is 1. The first kappa shape index (κ1) is 23.4. The summed E-state index contributed by atoms with van der Waals surface area (Å²) in [5.41, 5.74) is 2.05. The number of carbonyl (C=O) groups excluding carboxylic acids is 2. The van der Waals surface area contributed by atoms with Gasteiger partial charge in [-0.15, -0.1) is 0 Å². The molecule has 0 aliphatic heterocycles. The van der Waals surface area contributed by atoms with Crippen LogP contribution in [-0.2, 0) is 21.5 Å². The minimum atomic E-state index is -0.688. The molecule has 0 saturated heterocycles. The summed E-state index contributed by atoms with van der Waals surface area (Å²) in [6, 6.07) is 19.0. The van der Waals surface area contributed by atoms with Crippen molar-refractivity contribution in [1.82, 2.24) is 15.5 Å². The van der Waals surface area contributed by atoms with E-state index in [1.54, 1.807) is 7.11 Å². The zero-order valence-corrected chi connectivity index (χ0v) is 19.6. The predicted molar refractivity (Wildman–Crippen MR) is 129 cm³/mol. The van der Waals surface area contributed by atoms with Gasteiger partial charge in [-0.3, -0.25) is 9.89 Å². The Kier molecular flexibility index (Phi) is 6.86. The lowest BCUT2D eigenvalue weighted by Gasteiger charge is -2.33. The maximum atomic E-state index is 12.8. The molecule has 2 amide bonds. The van der Waals surface area contributed by atoms with Crippen LogP contribution in [0.4, 0.5) is 10.6 Å². The van der Waals surface area contributed by atoms with E-state index in [0.29, 0.717) is 25.2 Å². The summed E-state index contributed by atoms with van der Waals surface area (Å²) in [6.45, 7) is 4.11. The Morgan fingerprint density at radius 1 is 1.09 bits per heavy atom. The van der Waals surface area contributed by atoms with Crippen molar-refractivity contribution < 1.29 is 19.1 Å². The van der Waals surface area contributed by atoms with E-state index in [0.717, 1.165) is 22.6 Å². The Labute approximate surface area is 199 Å². The molecule has 1 fully saturated rings. The van der Waals surface area contributed by atoms with E-state index in [9.17, 15) is 9.59 Å². The molecule has 4 rings (SSSR count). The number of ether oxygens (including phenoxy) is 2. The molecule has 0 spiro atoms. The number of rotatable bonds is 8. The summed E-state index contributed by atoms with van der Waals surface area (Å²) >= 11 is 0. The lowest BCUT2D eigenvalue weighted by Crippen LogP contribution is -2.36. The van der Waals surface area contributed by atoms with Gasteiger partial charge in [0.1, 0.15) is 11.9 Å². The van der Waals surface area contributed by atoms with E-state index in [4.69, 9.17) is 9.47 Å². The average Bonchev–Trinajstić information content (AvgIpc) is 3.28. The molecule has 1 saturated carbocycles. The highest BCUT2D eigenvalue weighted by atomic mass is 16.6. The summed E-state index contributed by atoms with van der Waals surface area (Å²) in [7, 11) is 1.60. The number of aromatic amines is 1. The van der Waals surface area contributed by atoms with Gasteiger partial charge in [-0.2, -0.15) is 5.10 Å². The number of alkyl carbamates (subject to hydrolysis) is 1. The van der Waals surface area contributed by atoms with Crippen molar-refractivity contribution in [3.8, 4) is 5.75 Å². The van der Waals surface area contributed by atoms with Gasteiger partial charge >= 0.3 is 6.09 Å². The van der Waals surface area contributed by atoms with E-state index in [-0.39, 0.29) is 17.9 Å². The number of aromatic nitrogens is 2. The van der Waals surface area contributed by atoms with E-state index in [2.05, 4.69) is 20.8 Å². The van der Waals surface area contributed by atoms with E-state index in [1.165, 1.54) is 0 Å². The van der Waals surface area contributed by atoms with Gasteiger partial charge in [0, 0.05) is 29.8 Å². The van der Waals surface area contributed by atoms with Crippen molar-refractivity contribution >= 4 is 17.8 Å². The standard InChI is InChI=1S/C26H30N4O4/c1-26(2,19-10-5-4-6-11-19)24(31)28-23-15-21(29-30-23)18-13-20(14-18)34-25(32)27-16-17-9-7-8-12-22(17)33-3/h4-12,15,18,20H,13-14,16H2,1-3H3,(H,27,32)(H2,28,29,30,31). The van der Waals surface area contributed by atoms with Crippen molar-refractivity contribution in [2.45, 2.75) is 50.7 Å². The van der Waals surface area contributed by atoms with Crippen LogP contribution in [0, 0.1) is 0 Å². The topological polar surface area (TPSA) is 105 Å². The quantitative estimate of drug-likeness (QED) is 0.457. The van der Waals surface area contributed by atoms with E-state index < -0.39 is 11.5 Å². The highest BCUT2D eigenvalue weighted by Gasteiger charge is 2.35. The summed E-state index contributed by atoms with van der Waals surface area (Å²) in [4.78, 5) is 25.0. The first-order chi connectivity index (χ1) is 16.4. The molecule has 8 nitrogen and oxygen atoms in total. The monoisotopic (exact) mass is 462 g/mol. The molecule has 1 aliphatic carbocycles. The summed E-state index contributed by atoms with van der Waals surface area (Å²) in [6.07, 6.45) is 0.802. The third-order valence-electron chi connectivity index (χ3n) is 6.33. The molecule has 0 atom stereocenters. The van der Waals surface area contributed by atoms with Crippen LogP contribution in [0.5, 0.6) is 5.75 Å². The highest BCUT2D eigenvalue weighted by molar-refractivity contribution is 5.97. The largest absolute Gasteiger partial charge is 0.496 e. The number of amides is 2. The summed E-state index contributed by atoms with van der Waals surface area (Å²) in [5.74, 6) is 1.29. The number of nitrogens with one attached hydrogen (secondary N) is 3. The van der Waals surface area contributed by atoms with Gasteiger partial charge in [-0.05, 0) is 38.3 Å². The predicted octanol–water partition coefficient (Wildman–Crippen LogP) is 4.51. The zero-order valence-electron chi connectivity index (χ0n) is 19.6. The fourth-order valence-corrected chi connectivity index (χ4v) is 3.99. The van der Waals surface area contributed by atoms with Gasteiger partial charge < -0.3 is 20.1 Å². The number of nitrogens with zero attached hydrogens (tertiary/aromatic N) is 1. The van der Waals surface area contributed by atoms with Crippen molar-refractivity contribution in [2.24, 2.45) is 0 Å². The first-order valence-corrected chi connectivity index (χ1v) is 11.4. The van der Waals surface area contributed by atoms with Crippen LogP contribution in [0.1, 0.15) is 49.4 Å². The molecule has 178 valence electrons. The molecule has 0 radical (unpaired) electrons. The molecule has 2 aromatic carbocycles. The summed E-state index contributed by atoms with van der Waals surface area (Å²) < 4.78 is 10.8. The van der Waals surface area contributed by atoms with Crippen molar-refractivity contribution in [3.63, 3.8) is 0 Å². The maximum Gasteiger partial charge on any atom is 0.407 e. The Bertz CT molecular complexity index is 1140. The lowest BCUT2D eigenvalue weighted by atomic mass is 9.80. The number of benzene rings is 2. The molecular weight excluding hydrogens is 432 g/mol. The Morgan fingerprint density at radius 2 is 1.79 bits per heavy atom. The number of hydrogen-bond donors (Lipinski definition) is 3. The molecule has 1 aliphatic rings. The molecule has 0 unspecified atom stereocenters. The number of methoxy groups -OCH3 is 1. The van der Waals surface area contributed by atoms with E-state index >= 15 is 0 Å². The zero-order chi connectivity index (χ0) is 24.1. The smallest absolute Gasteiger partial charge is 0.407 e. The molecule has 3 N–H and O–H groups in total. The Morgan fingerprint density at radius 3 is 2.53 bits per heavy atom. The molecule has 34 heavy (non-hydrogen) atoms. The van der Waals surface area contributed by atoms with Crippen LogP contribution in [-0.4, -0.2) is 35.4 Å². The molecule has 1 heterocycles. The molecule has 1 aromatic heterocycles. The molecule has 3 aromatic rings. The van der Waals surface area contributed by atoms with Gasteiger partial charge in [0.05, 0.1) is 12.5 Å². The van der Waals surface area contributed by atoms with Gasteiger partial charge in [-0.25, -0.2) is 4.79 Å². The fourth-order valence-electron chi connectivity index (χ4n) is 3.99. The minimum Gasteiger partial charge on any atom is -0.496 e. The van der Waals surface area contributed by atoms with Crippen LogP contribution in [0.2, 0.25) is 0 Å². The third-order valence-corrected chi connectivity index (χ3v) is 6.33. The van der Waals surface area contributed by atoms with Crippen LogP contribution in [0.15, 0.2) is 60.7 Å². The normalized spacial score (nSPS) is 17.4. The fraction of sp³-hybridized carbons (Fsp3) is 0.346. The van der Waals surface area contributed by atoms with Gasteiger partial charge in [-0.1, -0.05) is 48.5 Å². The molecular formula is C26H30N4O4. The van der Waals surface area contributed by atoms with Crippen molar-refractivity contribution in [3.05, 3.63) is 77.5 Å². The second-order valence-corrected chi connectivity index (χ2v) is 9.01. The number of anilines is 1. The van der Waals surface area contributed by atoms with E-state index in [1.807, 2.05) is 74.5 Å². The van der Waals surface area contributed by atoms with Crippen molar-refractivity contribution in [2.75, 3.05) is 12.4 Å². The lowest BCUT2D eigenvalue weighted by molar-refractivity contribution is -0.120. The number of carbonyl (C=O) groups is 2. The van der Waals surface area contributed by atoms with Gasteiger partial charge in [0.25, 0.3) is 0 Å². The first-order valence-electron chi connectivity index (χ1n) is 11.4. The summed E-state index contributed by atoms with van der Waals surface area (Å²) in [5, 5.41) is 12.9. The SMILES string of the molecule is COc1ccccc1CNC(=O)OC1CC(c2cc(NC(=O)C(C)(C)c3ccccc3)n[nH]2)C1. The second-order valence-electron chi connectivity index (χ2n) is 9.01. The minimum absolute atomic E-state index is 0.127. The second kappa shape index (κ2) is 9.99. The highest BCUT2D eigenvalue weighted by Crippen LogP contribution is 2.38. The van der Waals surface area contributed by atoms with Crippen LogP contribution < -0.4 is 15.4 Å². The Balaban J connectivity index is 1.23. The van der Waals surface area contributed by atoms with Gasteiger partial charge in [0.15, 0.2) is 5.82 Å². The number of H-pyrrole nitrogens is 1. The Hall–Kier alpha value is -3.81. The van der Waals surface area contributed by atoms with Crippen LogP contribution in [0.25, 0.3) is 0 Å². The number of hydrogen-bond acceptors (Lipinski definition) is 5. The van der Waals surface area contributed by atoms with Crippen LogP contribution in [0.3, 0.4) is 0 Å². The van der Waals surface area contributed by atoms with Crippen LogP contribution >= 0.6 is 0 Å². The molecule has 8 heteroatoms. The maximum absolute atomic E-state index is 12.8. The van der Waals surface area contributed by atoms with Crippen molar-refractivity contribution in [1.29, 1.82) is 0 Å². The van der Waals surface area contributed by atoms with Gasteiger partial charge in [0.2, 0.25) is 5.91 Å².